The lowest BCUT2D eigenvalue weighted by atomic mass is 10.1. The van der Waals surface area contributed by atoms with Gasteiger partial charge in [-0.15, -0.1) is 0 Å². The van der Waals surface area contributed by atoms with Crippen molar-refractivity contribution < 1.29 is 18.0 Å². The minimum atomic E-state index is -3.95. The third-order valence-corrected chi connectivity index (χ3v) is 6.91. The van der Waals surface area contributed by atoms with Crippen molar-refractivity contribution >= 4 is 50.5 Å². The first kappa shape index (κ1) is 23.8. The highest BCUT2D eigenvalue weighted by Gasteiger charge is 2.23. The third-order valence-electron chi connectivity index (χ3n) is 4.58. The highest BCUT2D eigenvalue weighted by atomic mass is 35.5. The van der Waals surface area contributed by atoms with Gasteiger partial charge in [0.05, 0.1) is 15.5 Å². The standard InChI is InChI=1S/C23H20Cl2N2O4S/c1-15(28)27-21-14-17(23(29)26-13-12-16-2-5-18(24)6-3-16)4-11-22(21)32(30,31)20-9-7-19(25)8-10-20/h2-11,14H,12-13H2,1H3,(H,26,29)(H,27,28). The Bertz CT molecular complexity index is 1240. The lowest BCUT2D eigenvalue weighted by molar-refractivity contribution is -0.114. The molecule has 0 heterocycles. The number of carbonyl (C=O) groups excluding carboxylic acids is 2. The molecule has 2 N–H and O–H groups in total. The molecule has 0 aromatic heterocycles. The van der Waals surface area contributed by atoms with Crippen LogP contribution in [0.3, 0.4) is 0 Å². The van der Waals surface area contributed by atoms with E-state index in [0.29, 0.717) is 23.0 Å². The van der Waals surface area contributed by atoms with E-state index in [4.69, 9.17) is 23.2 Å². The van der Waals surface area contributed by atoms with Crippen molar-refractivity contribution in [3.63, 3.8) is 0 Å². The van der Waals surface area contributed by atoms with Crippen LogP contribution in [-0.2, 0) is 21.1 Å². The SMILES string of the molecule is CC(=O)Nc1cc(C(=O)NCCc2ccc(Cl)cc2)ccc1S(=O)(=O)c1ccc(Cl)cc1. The molecule has 0 radical (unpaired) electrons. The van der Waals surface area contributed by atoms with Crippen LogP contribution in [0.25, 0.3) is 0 Å². The topological polar surface area (TPSA) is 92.3 Å². The number of hydrogen-bond acceptors (Lipinski definition) is 4. The highest BCUT2D eigenvalue weighted by molar-refractivity contribution is 7.91. The number of carbonyl (C=O) groups is 2. The van der Waals surface area contributed by atoms with Gasteiger partial charge in [0.25, 0.3) is 5.91 Å². The Morgan fingerprint density at radius 1 is 0.875 bits per heavy atom. The molecule has 0 atom stereocenters. The van der Waals surface area contributed by atoms with Crippen molar-refractivity contribution in [2.45, 2.75) is 23.1 Å². The van der Waals surface area contributed by atoms with Gasteiger partial charge in [0.2, 0.25) is 15.7 Å². The van der Waals surface area contributed by atoms with Gasteiger partial charge in [-0.2, -0.15) is 0 Å². The largest absolute Gasteiger partial charge is 0.352 e. The average molecular weight is 491 g/mol. The molecule has 9 heteroatoms. The van der Waals surface area contributed by atoms with E-state index >= 15 is 0 Å². The fraction of sp³-hybridized carbons (Fsp3) is 0.130. The first-order chi connectivity index (χ1) is 15.2. The van der Waals surface area contributed by atoms with E-state index in [-0.39, 0.29) is 26.9 Å². The average Bonchev–Trinajstić information content (AvgIpc) is 2.75. The Kier molecular flexibility index (Phi) is 7.56. The molecule has 0 aliphatic rings. The fourth-order valence-corrected chi connectivity index (χ4v) is 4.65. The number of sulfone groups is 1. The number of nitrogens with one attached hydrogen (secondary N) is 2. The van der Waals surface area contributed by atoms with Gasteiger partial charge in [0, 0.05) is 29.1 Å². The van der Waals surface area contributed by atoms with Gasteiger partial charge in [0.15, 0.2) is 0 Å². The van der Waals surface area contributed by atoms with E-state index < -0.39 is 15.7 Å². The van der Waals surface area contributed by atoms with Crippen molar-refractivity contribution in [3.05, 3.63) is 87.9 Å². The van der Waals surface area contributed by atoms with Crippen LogP contribution >= 0.6 is 23.2 Å². The first-order valence-electron chi connectivity index (χ1n) is 9.62. The first-order valence-corrected chi connectivity index (χ1v) is 11.9. The van der Waals surface area contributed by atoms with Crippen LogP contribution in [0, 0.1) is 0 Å². The van der Waals surface area contributed by atoms with E-state index in [1.54, 1.807) is 12.1 Å². The van der Waals surface area contributed by atoms with Crippen LogP contribution in [0.1, 0.15) is 22.8 Å². The maximum atomic E-state index is 13.1. The van der Waals surface area contributed by atoms with E-state index in [2.05, 4.69) is 10.6 Å². The van der Waals surface area contributed by atoms with Crippen molar-refractivity contribution in [2.75, 3.05) is 11.9 Å². The van der Waals surface area contributed by atoms with E-state index in [1.807, 2.05) is 12.1 Å². The molecule has 0 aliphatic heterocycles. The monoisotopic (exact) mass is 490 g/mol. The third kappa shape index (κ3) is 5.88. The van der Waals surface area contributed by atoms with Gasteiger partial charge in [-0.3, -0.25) is 9.59 Å². The second kappa shape index (κ2) is 10.2. The summed E-state index contributed by atoms with van der Waals surface area (Å²) >= 11 is 11.7. The zero-order valence-electron chi connectivity index (χ0n) is 17.1. The Morgan fingerprint density at radius 3 is 2.06 bits per heavy atom. The second-order valence-electron chi connectivity index (χ2n) is 6.98. The molecule has 0 saturated carbocycles. The summed E-state index contributed by atoms with van der Waals surface area (Å²) in [4.78, 5) is 24.2. The zero-order chi connectivity index (χ0) is 23.3. The molecule has 3 aromatic carbocycles. The number of amides is 2. The van der Waals surface area contributed by atoms with Crippen LogP contribution in [-0.4, -0.2) is 26.8 Å². The van der Waals surface area contributed by atoms with Gasteiger partial charge in [0.1, 0.15) is 0 Å². The van der Waals surface area contributed by atoms with Crippen LogP contribution in [0.4, 0.5) is 5.69 Å². The van der Waals surface area contributed by atoms with Crippen molar-refractivity contribution in [3.8, 4) is 0 Å². The smallest absolute Gasteiger partial charge is 0.251 e. The minimum Gasteiger partial charge on any atom is -0.352 e. The number of halogens is 2. The summed E-state index contributed by atoms with van der Waals surface area (Å²) in [5.41, 5.74) is 1.26. The summed E-state index contributed by atoms with van der Waals surface area (Å²) < 4.78 is 26.2. The quantitative estimate of drug-likeness (QED) is 0.499. The van der Waals surface area contributed by atoms with Crippen LogP contribution < -0.4 is 10.6 Å². The molecule has 0 saturated heterocycles. The maximum absolute atomic E-state index is 13.1. The molecule has 3 rings (SSSR count). The molecule has 0 bridgehead atoms. The molecule has 166 valence electrons. The zero-order valence-corrected chi connectivity index (χ0v) is 19.4. The predicted molar refractivity (Wildman–Crippen MR) is 125 cm³/mol. The molecule has 3 aromatic rings. The molecular weight excluding hydrogens is 471 g/mol. The van der Waals surface area contributed by atoms with Gasteiger partial charge in [-0.25, -0.2) is 8.42 Å². The Morgan fingerprint density at radius 2 is 1.47 bits per heavy atom. The van der Waals surface area contributed by atoms with E-state index in [0.717, 1.165) is 5.56 Å². The van der Waals surface area contributed by atoms with Gasteiger partial charge < -0.3 is 10.6 Å². The van der Waals surface area contributed by atoms with Crippen LogP contribution in [0.2, 0.25) is 10.0 Å². The van der Waals surface area contributed by atoms with Crippen molar-refractivity contribution in [1.82, 2.24) is 5.32 Å². The van der Waals surface area contributed by atoms with E-state index in [1.165, 1.54) is 49.4 Å². The van der Waals surface area contributed by atoms with Crippen molar-refractivity contribution in [2.24, 2.45) is 0 Å². The summed E-state index contributed by atoms with van der Waals surface area (Å²) in [6, 6.07) is 17.1. The summed E-state index contributed by atoms with van der Waals surface area (Å²) in [7, 11) is -3.95. The lowest BCUT2D eigenvalue weighted by Gasteiger charge is -2.13. The molecule has 2 amide bonds. The molecule has 32 heavy (non-hydrogen) atoms. The summed E-state index contributed by atoms with van der Waals surface area (Å²) in [6.45, 7) is 1.64. The lowest BCUT2D eigenvalue weighted by Crippen LogP contribution is -2.26. The summed E-state index contributed by atoms with van der Waals surface area (Å²) in [5, 5.41) is 6.33. The molecule has 0 fully saturated rings. The van der Waals surface area contributed by atoms with Gasteiger partial charge >= 0.3 is 0 Å². The number of anilines is 1. The van der Waals surface area contributed by atoms with Crippen LogP contribution in [0.15, 0.2) is 76.5 Å². The number of hydrogen-bond donors (Lipinski definition) is 2. The second-order valence-corrected chi connectivity index (χ2v) is 9.77. The Hall–Kier alpha value is -2.87. The highest BCUT2D eigenvalue weighted by Crippen LogP contribution is 2.29. The Balaban J connectivity index is 1.82. The number of rotatable bonds is 7. The normalized spacial score (nSPS) is 11.1. The molecular formula is C23H20Cl2N2O4S. The molecule has 0 aliphatic carbocycles. The Labute approximate surface area is 196 Å². The molecule has 0 spiro atoms. The number of benzene rings is 3. The maximum Gasteiger partial charge on any atom is 0.251 e. The molecule has 0 unspecified atom stereocenters. The van der Waals surface area contributed by atoms with Gasteiger partial charge in [-0.1, -0.05) is 35.3 Å². The minimum absolute atomic E-state index is 0.0219. The fourth-order valence-electron chi connectivity index (χ4n) is 3.01. The summed E-state index contributed by atoms with van der Waals surface area (Å²) in [6.07, 6.45) is 0.602. The van der Waals surface area contributed by atoms with Crippen molar-refractivity contribution in [1.29, 1.82) is 0 Å². The van der Waals surface area contributed by atoms with Crippen LogP contribution in [0.5, 0.6) is 0 Å². The molecule has 6 nitrogen and oxygen atoms in total. The van der Waals surface area contributed by atoms with Gasteiger partial charge in [-0.05, 0) is 66.6 Å². The predicted octanol–water partition coefficient (Wildman–Crippen LogP) is 4.76. The van der Waals surface area contributed by atoms with E-state index in [9.17, 15) is 18.0 Å². The summed E-state index contributed by atoms with van der Waals surface area (Å²) in [5.74, 6) is -0.848.